The summed E-state index contributed by atoms with van der Waals surface area (Å²) in [6.45, 7) is 3.45. The van der Waals surface area contributed by atoms with Crippen LogP contribution < -0.4 is 9.80 Å². The van der Waals surface area contributed by atoms with Gasteiger partial charge in [-0.1, -0.05) is 12.1 Å². The molecule has 0 amide bonds. The van der Waals surface area contributed by atoms with Crippen molar-refractivity contribution in [3.8, 4) is 6.07 Å². The molecule has 6 nitrogen and oxygen atoms in total. The first-order valence-corrected chi connectivity index (χ1v) is 8.73. The molecule has 2 aliphatic rings. The predicted octanol–water partition coefficient (Wildman–Crippen LogP) is 1.91. The van der Waals surface area contributed by atoms with Crippen LogP contribution >= 0.6 is 0 Å². The highest BCUT2D eigenvalue weighted by molar-refractivity contribution is 5.60. The number of benzene rings is 1. The van der Waals surface area contributed by atoms with Crippen LogP contribution in [0.25, 0.3) is 0 Å². The van der Waals surface area contributed by atoms with E-state index in [1.54, 1.807) is 6.33 Å². The fraction of sp³-hybridized carbons (Fsp3) is 0.421. The minimum atomic E-state index is -0.174. The second-order valence-corrected chi connectivity index (χ2v) is 6.73. The molecule has 2 heterocycles. The van der Waals surface area contributed by atoms with Gasteiger partial charge in [0.05, 0.1) is 17.4 Å². The van der Waals surface area contributed by atoms with E-state index in [1.165, 1.54) is 0 Å². The number of hydrogen-bond donors (Lipinski definition) is 1. The van der Waals surface area contributed by atoms with E-state index in [-0.39, 0.29) is 6.10 Å². The summed E-state index contributed by atoms with van der Waals surface area (Å²) >= 11 is 0. The molecule has 0 atom stereocenters. The van der Waals surface area contributed by atoms with Crippen molar-refractivity contribution in [1.29, 1.82) is 5.26 Å². The van der Waals surface area contributed by atoms with Crippen LogP contribution in [0.3, 0.4) is 0 Å². The summed E-state index contributed by atoms with van der Waals surface area (Å²) in [5, 5.41) is 18.8. The smallest absolute Gasteiger partial charge is 0.132 e. The third-order valence-corrected chi connectivity index (χ3v) is 5.17. The van der Waals surface area contributed by atoms with Crippen LogP contribution in [0.2, 0.25) is 0 Å². The number of aliphatic hydroxyl groups excluding tert-OH is 1. The Bertz CT molecular complexity index is 788. The Morgan fingerprint density at radius 1 is 1.04 bits per heavy atom. The number of hydrogen-bond acceptors (Lipinski definition) is 6. The van der Waals surface area contributed by atoms with Crippen molar-refractivity contribution in [1.82, 2.24) is 9.97 Å². The van der Waals surface area contributed by atoms with Crippen molar-refractivity contribution in [3.05, 3.63) is 47.9 Å². The summed E-state index contributed by atoms with van der Waals surface area (Å²) in [6, 6.07) is 12.1. The lowest BCUT2D eigenvalue weighted by molar-refractivity contribution is 0.0732. The monoisotopic (exact) mass is 335 g/mol. The first-order chi connectivity index (χ1) is 12.2. The average Bonchev–Trinajstić information content (AvgIpc) is 2.66. The van der Waals surface area contributed by atoms with Gasteiger partial charge in [-0.15, -0.1) is 0 Å². The highest BCUT2D eigenvalue weighted by Crippen LogP contribution is 2.36. The molecule has 1 aliphatic carbocycles. The third-order valence-electron chi connectivity index (χ3n) is 5.17. The predicted molar refractivity (Wildman–Crippen MR) is 95.6 cm³/mol. The van der Waals surface area contributed by atoms with Crippen molar-refractivity contribution < 1.29 is 5.11 Å². The van der Waals surface area contributed by atoms with Crippen molar-refractivity contribution in [2.24, 2.45) is 0 Å². The molecular weight excluding hydrogens is 314 g/mol. The Kier molecular flexibility index (Phi) is 4.24. The molecule has 1 N–H and O–H groups in total. The maximum Gasteiger partial charge on any atom is 0.132 e. The van der Waals surface area contributed by atoms with Crippen LogP contribution in [0.1, 0.15) is 30.0 Å². The van der Waals surface area contributed by atoms with E-state index >= 15 is 0 Å². The van der Waals surface area contributed by atoms with E-state index in [2.05, 4.69) is 31.9 Å². The summed E-state index contributed by atoms with van der Waals surface area (Å²) in [5.74, 6) is 1.32. The topological polar surface area (TPSA) is 76.3 Å². The van der Waals surface area contributed by atoms with Crippen molar-refractivity contribution in [2.45, 2.75) is 24.9 Å². The highest BCUT2D eigenvalue weighted by Gasteiger charge is 2.30. The summed E-state index contributed by atoms with van der Waals surface area (Å²) in [5.41, 5.74) is 2.77. The van der Waals surface area contributed by atoms with Gasteiger partial charge in [-0.05, 0) is 25.0 Å². The summed E-state index contributed by atoms with van der Waals surface area (Å²) in [4.78, 5) is 13.3. The number of piperazine rings is 1. The van der Waals surface area contributed by atoms with Crippen LogP contribution in [-0.4, -0.2) is 47.4 Å². The Hall–Kier alpha value is -2.65. The zero-order valence-corrected chi connectivity index (χ0v) is 14.0. The zero-order valence-electron chi connectivity index (χ0n) is 14.0. The molecule has 0 spiro atoms. The molecular formula is C19H21N5O. The Morgan fingerprint density at radius 2 is 1.76 bits per heavy atom. The maximum absolute atomic E-state index is 9.50. The van der Waals surface area contributed by atoms with Gasteiger partial charge in [0.15, 0.2) is 0 Å². The normalized spacial score (nSPS) is 23.0. The van der Waals surface area contributed by atoms with Gasteiger partial charge in [-0.3, -0.25) is 0 Å². The molecule has 2 fully saturated rings. The lowest BCUT2D eigenvalue weighted by atomic mass is 9.80. The van der Waals surface area contributed by atoms with E-state index < -0.39 is 0 Å². The Labute approximate surface area is 147 Å². The van der Waals surface area contributed by atoms with Gasteiger partial charge >= 0.3 is 0 Å². The fourth-order valence-corrected chi connectivity index (χ4v) is 3.61. The highest BCUT2D eigenvalue weighted by atomic mass is 16.3. The van der Waals surface area contributed by atoms with E-state index in [0.29, 0.717) is 5.92 Å². The number of nitriles is 1. The molecule has 1 aromatic carbocycles. The van der Waals surface area contributed by atoms with Crippen LogP contribution in [0, 0.1) is 11.3 Å². The zero-order chi connectivity index (χ0) is 17.2. The lowest BCUT2D eigenvalue weighted by Gasteiger charge is -2.37. The second-order valence-electron chi connectivity index (χ2n) is 6.73. The van der Waals surface area contributed by atoms with E-state index in [1.807, 2.05) is 24.3 Å². The molecule has 128 valence electrons. The fourth-order valence-electron chi connectivity index (χ4n) is 3.61. The third kappa shape index (κ3) is 3.15. The van der Waals surface area contributed by atoms with Crippen LogP contribution in [0.5, 0.6) is 0 Å². The van der Waals surface area contributed by atoms with Gasteiger partial charge in [0, 0.05) is 43.9 Å². The molecule has 2 aromatic rings. The number of aliphatic hydroxyl groups is 1. The minimum absolute atomic E-state index is 0.174. The van der Waals surface area contributed by atoms with Gasteiger partial charge in [-0.25, -0.2) is 9.97 Å². The molecule has 4 rings (SSSR count). The Balaban J connectivity index is 1.44. The van der Waals surface area contributed by atoms with Crippen molar-refractivity contribution >= 4 is 11.5 Å². The minimum Gasteiger partial charge on any atom is -0.393 e. The van der Waals surface area contributed by atoms with Gasteiger partial charge in [-0.2, -0.15) is 5.26 Å². The standard InChI is InChI=1S/C19H21N5O/c20-12-14-3-1-2-4-18(14)23-5-7-24(8-6-23)19-11-17(21-13-22-19)15-9-16(25)10-15/h1-4,11,13,15-16,25H,5-10H2. The van der Waals surface area contributed by atoms with E-state index in [4.69, 9.17) is 0 Å². The van der Waals surface area contributed by atoms with Gasteiger partial charge in [0.25, 0.3) is 0 Å². The molecule has 1 saturated heterocycles. The van der Waals surface area contributed by atoms with Crippen LogP contribution in [0.4, 0.5) is 11.5 Å². The maximum atomic E-state index is 9.50. The van der Waals surface area contributed by atoms with Crippen LogP contribution in [0.15, 0.2) is 36.7 Å². The molecule has 25 heavy (non-hydrogen) atoms. The first kappa shape index (κ1) is 15.9. The van der Waals surface area contributed by atoms with Gasteiger partial charge in [0.2, 0.25) is 0 Å². The van der Waals surface area contributed by atoms with Gasteiger partial charge < -0.3 is 14.9 Å². The molecule has 6 heteroatoms. The quantitative estimate of drug-likeness (QED) is 0.923. The van der Waals surface area contributed by atoms with Gasteiger partial charge in [0.1, 0.15) is 18.2 Å². The molecule has 1 aliphatic heterocycles. The molecule has 1 saturated carbocycles. The number of anilines is 2. The van der Waals surface area contributed by atoms with E-state index in [0.717, 1.165) is 61.8 Å². The van der Waals surface area contributed by atoms with Crippen LogP contribution in [-0.2, 0) is 0 Å². The number of para-hydroxylation sites is 1. The summed E-state index contributed by atoms with van der Waals surface area (Å²) in [6.07, 6.45) is 3.06. The number of aromatic nitrogens is 2. The molecule has 0 unspecified atom stereocenters. The summed E-state index contributed by atoms with van der Waals surface area (Å²) in [7, 11) is 0. The molecule has 0 bridgehead atoms. The Morgan fingerprint density at radius 3 is 2.48 bits per heavy atom. The number of rotatable bonds is 3. The SMILES string of the molecule is N#Cc1ccccc1N1CCN(c2cc(C3CC(O)C3)ncn2)CC1. The first-order valence-electron chi connectivity index (χ1n) is 8.73. The van der Waals surface area contributed by atoms with Crippen molar-refractivity contribution in [3.63, 3.8) is 0 Å². The number of nitrogens with zero attached hydrogens (tertiary/aromatic N) is 5. The molecule has 1 aromatic heterocycles. The molecule has 0 radical (unpaired) electrons. The summed E-state index contributed by atoms with van der Waals surface area (Å²) < 4.78 is 0. The van der Waals surface area contributed by atoms with Crippen molar-refractivity contribution in [2.75, 3.05) is 36.0 Å². The van der Waals surface area contributed by atoms with E-state index in [9.17, 15) is 10.4 Å². The second kappa shape index (κ2) is 6.69. The lowest BCUT2D eigenvalue weighted by Crippen LogP contribution is -2.47. The largest absolute Gasteiger partial charge is 0.393 e. The average molecular weight is 335 g/mol.